The number of pyridine rings is 1. The Morgan fingerprint density at radius 2 is 2.08 bits per heavy atom. The van der Waals surface area contributed by atoms with Gasteiger partial charge in [-0.1, -0.05) is 23.7 Å². The van der Waals surface area contributed by atoms with Crippen LogP contribution < -0.4 is 10.6 Å². The van der Waals surface area contributed by atoms with Gasteiger partial charge in [-0.15, -0.1) is 0 Å². The molecule has 4 nitrogen and oxygen atoms in total. The Morgan fingerprint density at radius 3 is 2.88 bits per heavy atom. The van der Waals surface area contributed by atoms with E-state index in [2.05, 4.69) is 15.6 Å². The highest BCUT2D eigenvalue weighted by Crippen LogP contribution is 2.27. The number of nitrogens with zero attached hydrogens (tertiary/aromatic N) is 1. The number of rotatable bonds is 5. The fraction of sp³-hybridized carbons (Fsp3) is 0.158. The molecular weight excluding hydrogens is 341 g/mol. The van der Waals surface area contributed by atoms with Gasteiger partial charge in [-0.25, -0.2) is 4.39 Å². The summed E-state index contributed by atoms with van der Waals surface area (Å²) in [5, 5.41) is 6.74. The SMILES string of the molecule is CNC(=O)c1cccc(CCNc2ccc3c(Cl)ccnc3c2F)c1. The second-order valence-corrected chi connectivity index (χ2v) is 5.98. The number of nitrogens with one attached hydrogen (secondary N) is 2. The first-order valence-electron chi connectivity index (χ1n) is 7.88. The summed E-state index contributed by atoms with van der Waals surface area (Å²) in [6, 6.07) is 12.4. The van der Waals surface area contributed by atoms with Crippen molar-refractivity contribution in [1.29, 1.82) is 0 Å². The molecular formula is C19H17ClFN3O. The summed E-state index contributed by atoms with van der Waals surface area (Å²) in [6.07, 6.45) is 2.15. The summed E-state index contributed by atoms with van der Waals surface area (Å²) in [7, 11) is 1.60. The van der Waals surface area contributed by atoms with Crippen LogP contribution in [0.2, 0.25) is 5.02 Å². The zero-order valence-corrected chi connectivity index (χ0v) is 14.4. The van der Waals surface area contributed by atoms with Gasteiger partial charge in [0.1, 0.15) is 5.52 Å². The number of fused-ring (bicyclic) bond motifs is 1. The lowest BCUT2D eigenvalue weighted by atomic mass is 10.1. The van der Waals surface area contributed by atoms with Crippen LogP contribution in [0.1, 0.15) is 15.9 Å². The van der Waals surface area contributed by atoms with Gasteiger partial charge in [0.2, 0.25) is 0 Å². The molecule has 0 unspecified atom stereocenters. The Morgan fingerprint density at radius 1 is 1.24 bits per heavy atom. The number of hydrogen-bond acceptors (Lipinski definition) is 3. The molecule has 2 aromatic carbocycles. The molecule has 1 aromatic heterocycles. The topological polar surface area (TPSA) is 54.0 Å². The third-order valence-electron chi connectivity index (χ3n) is 3.94. The van der Waals surface area contributed by atoms with E-state index in [0.717, 1.165) is 5.56 Å². The normalized spacial score (nSPS) is 10.7. The van der Waals surface area contributed by atoms with Crippen molar-refractivity contribution in [2.45, 2.75) is 6.42 Å². The van der Waals surface area contributed by atoms with Gasteiger partial charge in [0, 0.05) is 30.7 Å². The molecule has 0 fully saturated rings. The van der Waals surface area contributed by atoms with Crippen molar-refractivity contribution in [3.8, 4) is 0 Å². The molecule has 3 rings (SSSR count). The van der Waals surface area contributed by atoms with Crippen LogP contribution in [0.25, 0.3) is 10.9 Å². The second kappa shape index (κ2) is 7.49. The summed E-state index contributed by atoms with van der Waals surface area (Å²) in [5.74, 6) is -0.544. The Bertz CT molecular complexity index is 930. The highest BCUT2D eigenvalue weighted by Gasteiger charge is 2.10. The number of carbonyl (C=O) groups excluding carboxylic acids is 1. The monoisotopic (exact) mass is 357 g/mol. The van der Waals surface area contributed by atoms with E-state index in [1.807, 2.05) is 18.2 Å². The molecule has 1 amide bonds. The van der Waals surface area contributed by atoms with Gasteiger partial charge >= 0.3 is 0 Å². The summed E-state index contributed by atoms with van der Waals surface area (Å²) < 4.78 is 14.6. The van der Waals surface area contributed by atoms with Crippen molar-refractivity contribution in [2.75, 3.05) is 18.9 Å². The predicted octanol–water partition coefficient (Wildman–Crippen LogP) is 4.04. The molecule has 0 saturated heterocycles. The molecule has 3 aromatic rings. The van der Waals surface area contributed by atoms with Crippen LogP contribution in [-0.4, -0.2) is 24.5 Å². The molecule has 0 aliphatic heterocycles. The number of halogens is 2. The number of hydrogen-bond donors (Lipinski definition) is 2. The van der Waals surface area contributed by atoms with Crippen LogP contribution in [0.15, 0.2) is 48.7 Å². The Balaban J connectivity index is 1.71. The van der Waals surface area contributed by atoms with Crippen LogP contribution in [0.5, 0.6) is 0 Å². The van der Waals surface area contributed by atoms with Crippen molar-refractivity contribution in [3.63, 3.8) is 0 Å². The number of amides is 1. The zero-order valence-electron chi connectivity index (χ0n) is 13.6. The molecule has 0 saturated carbocycles. The molecule has 0 atom stereocenters. The van der Waals surface area contributed by atoms with Gasteiger partial charge in [0.25, 0.3) is 5.91 Å². The highest BCUT2D eigenvalue weighted by atomic mass is 35.5. The first-order chi connectivity index (χ1) is 12.1. The fourth-order valence-corrected chi connectivity index (χ4v) is 2.85. The number of benzene rings is 2. The fourth-order valence-electron chi connectivity index (χ4n) is 2.64. The smallest absolute Gasteiger partial charge is 0.251 e. The lowest BCUT2D eigenvalue weighted by Crippen LogP contribution is -2.18. The van der Waals surface area contributed by atoms with Gasteiger partial charge in [-0.3, -0.25) is 9.78 Å². The number of aromatic nitrogens is 1. The van der Waals surface area contributed by atoms with E-state index >= 15 is 0 Å². The van der Waals surface area contributed by atoms with E-state index in [0.29, 0.717) is 34.6 Å². The maximum atomic E-state index is 14.6. The van der Waals surface area contributed by atoms with E-state index in [1.54, 1.807) is 31.3 Å². The van der Waals surface area contributed by atoms with E-state index in [-0.39, 0.29) is 11.4 Å². The first kappa shape index (κ1) is 17.2. The van der Waals surface area contributed by atoms with Gasteiger partial charge in [0.15, 0.2) is 5.82 Å². The van der Waals surface area contributed by atoms with Crippen LogP contribution in [0.4, 0.5) is 10.1 Å². The average molecular weight is 358 g/mol. The standard InChI is InChI=1S/C19H17ClFN3O/c1-22-19(25)13-4-2-3-12(11-13)7-9-23-16-6-5-14-15(20)8-10-24-18(14)17(16)21/h2-6,8,10-11,23H,7,9H2,1H3,(H,22,25). The molecule has 25 heavy (non-hydrogen) atoms. The molecule has 2 N–H and O–H groups in total. The van der Waals surface area contributed by atoms with E-state index in [4.69, 9.17) is 11.6 Å². The largest absolute Gasteiger partial charge is 0.382 e. The summed E-state index contributed by atoms with van der Waals surface area (Å²) in [6.45, 7) is 0.528. The predicted molar refractivity (Wildman–Crippen MR) is 98.7 cm³/mol. The van der Waals surface area contributed by atoms with Crippen LogP contribution in [-0.2, 0) is 6.42 Å². The minimum Gasteiger partial charge on any atom is -0.382 e. The maximum absolute atomic E-state index is 14.6. The van der Waals surface area contributed by atoms with Crippen molar-refractivity contribution in [1.82, 2.24) is 10.3 Å². The minimum absolute atomic E-state index is 0.127. The van der Waals surface area contributed by atoms with Crippen molar-refractivity contribution in [3.05, 3.63) is 70.6 Å². The molecule has 6 heteroatoms. The molecule has 0 radical (unpaired) electrons. The van der Waals surface area contributed by atoms with Crippen molar-refractivity contribution in [2.24, 2.45) is 0 Å². The molecule has 0 spiro atoms. The third kappa shape index (κ3) is 3.72. The van der Waals surface area contributed by atoms with Crippen molar-refractivity contribution < 1.29 is 9.18 Å². The van der Waals surface area contributed by atoms with E-state index in [1.165, 1.54) is 6.20 Å². The molecule has 1 heterocycles. The van der Waals surface area contributed by atoms with Crippen LogP contribution in [0.3, 0.4) is 0 Å². The molecule has 128 valence electrons. The lowest BCUT2D eigenvalue weighted by molar-refractivity contribution is 0.0963. The summed E-state index contributed by atoms with van der Waals surface area (Å²) in [4.78, 5) is 15.7. The highest BCUT2D eigenvalue weighted by molar-refractivity contribution is 6.35. The van der Waals surface area contributed by atoms with Gasteiger partial charge in [-0.2, -0.15) is 0 Å². The Kier molecular flexibility index (Phi) is 5.14. The number of carbonyl (C=O) groups is 1. The first-order valence-corrected chi connectivity index (χ1v) is 8.25. The second-order valence-electron chi connectivity index (χ2n) is 5.57. The summed E-state index contributed by atoms with van der Waals surface area (Å²) in [5.41, 5.74) is 2.23. The Labute approximate surface area is 150 Å². The van der Waals surface area contributed by atoms with E-state index in [9.17, 15) is 9.18 Å². The maximum Gasteiger partial charge on any atom is 0.251 e. The van der Waals surface area contributed by atoms with Gasteiger partial charge < -0.3 is 10.6 Å². The van der Waals surface area contributed by atoms with Gasteiger partial charge in [-0.05, 0) is 42.3 Å². The molecule has 0 aliphatic carbocycles. The van der Waals surface area contributed by atoms with Crippen molar-refractivity contribution >= 4 is 34.1 Å². The average Bonchev–Trinajstić information content (AvgIpc) is 2.64. The molecule has 0 bridgehead atoms. The minimum atomic E-state index is -0.417. The summed E-state index contributed by atoms with van der Waals surface area (Å²) >= 11 is 6.06. The molecule has 0 aliphatic rings. The zero-order chi connectivity index (χ0) is 17.8. The van der Waals surface area contributed by atoms with Crippen LogP contribution in [0, 0.1) is 5.82 Å². The van der Waals surface area contributed by atoms with E-state index < -0.39 is 5.82 Å². The van der Waals surface area contributed by atoms with Gasteiger partial charge in [0.05, 0.1) is 10.7 Å². The lowest BCUT2D eigenvalue weighted by Gasteiger charge is -2.10. The Hall–Kier alpha value is -2.66. The number of anilines is 1. The third-order valence-corrected chi connectivity index (χ3v) is 4.27. The van der Waals surface area contributed by atoms with Crippen LogP contribution >= 0.6 is 11.6 Å². The quantitative estimate of drug-likeness (QED) is 0.724.